The van der Waals surface area contributed by atoms with Crippen molar-refractivity contribution in [1.82, 2.24) is 10.2 Å². The largest absolute Gasteiger partial charge is 0.465 e. The minimum Gasteiger partial charge on any atom is -0.465 e. The maximum atomic E-state index is 12.5. The third kappa shape index (κ3) is 4.13. The Kier molecular flexibility index (Phi) is 5.84. The van der Waals surface area contributed by atoms with Gasteiger partial charge in [-0.25, -0.2) is 0 Å². The first kappa shape index (κ1) is 17.8. The average Bonchev–Trinajstić information content (AvgIpc) is 3.19. The van der Waals surface area contributed by atoms with Crippen LogP contribution in [0.25, 0.3) is 0 Å². The van der Waals surface area contributed by atoms with E-state index in [0.29, 0.717) is 17.1 Å². The molecule has 1 aliphatic heterocycles. The minimum atomic E-state index is -0.0801. The van der Waals surface area contributed by atoms with Gasteiger partial charge in [-0.1, -0.05) is 11.6 Å². The maximum Gasteiger partial charge on any atom is 0.252 e. The van der Waals surface area contributed by atoms with Gasteiger partial charge >= 0.3 is 0 Å². The Labute approximate surface area is 160 Å². The molecular weight excluding hydrogens is 439 g/mol. The molecule has 1 aromatic carbocycles. The van der Waals surface area contributed by atoms with Crippen molar-refractivity contribution in [2.24, 2.45) is 0 Å². The van der Waals surface area contributed by atoms with Crippen molar-refractivity contribution in [3.8, 4) is 0 Å². The average molecular weight is 459 g/mol. The lowest BCUT2D eigenvalue weighted by Crippen LogP contribution is -2.36. The monoisotopic (exact) mass is 458 g/mol. The van der Waals surface area contributed by atoms with Crippen LogP contribution in [0.2, 0.25) is 5.02 Å². The molecule has 0 bridgehead atoms. The Morgan fingerprint density at radius 3 is 2.71 bits per heavy atom. The summed E-state index contributed by atoms with van der Waals surface area (Å²) in [5.74, 6) is 1.73. The van der Waals surface area contributed by atoms with Crippen molar-refractivity contribution >= 4 is 40.1 Å². The SMILES string of the molecule is Cc1ccc(C(CNC(=O)c2ccc(Cl)cc2I)N2CCCC2)o1. The van der Waals surface area contributed by atoms with Crippen LogP contribution in [0.15, 0.2) is 34.7 Å². The number of furan rings is 1. The molecule has 0 saturated carbocycles. The second kappa shape index (κ2) is 7.89. The number of hydrogen-bond donors (Lipinski definition) is 1. The fourth-order valence-electron chi connectivity index (χ4n) is 3.05. The molecule has 2 heterocycles. The molecule has 6 heteroatoms. The van der Waals surface area contributed by atoms with Crippen molar-refractivity contribution in [3.05, 3.63) is 56.0 Å². The van der Waals surface area contributed by atoms with Crippen molar-refractivity contribution < 1.29 is 9.21 Å². The predicted molar refractivity (Wildman–Crippen MR) is 103 cm³/mol. The third-order valence-corrected chi connectivity index (χ3v) is 5.43. The predicted octanol–water partition coefficient (Wildman–Crippen LogP) is 4.41. The summed E-state index contributed by atoms with van der Waals surface area (Å²) in [7, 11) is 0. The molecule has 4 nitrogen and oxygen atoms in total. The van der Waals surface area contributed by atoms with Crippen molar-refractivity contribution in [1.29, 1.82) is 0 Å². The highest BCUT2D eigenvalue weighted by Gasteiger charge is 2.26. The highest BCUT2D eigenvalue weighted by Crippen LogP contribution is 2.26. The van der Waals surface area contributed by atoms with Gasteiger partial charge in [0.2, 0.25) is 0 Å². The zero-order chi connectivity index (χ0) is 17.1. The summed E-state index contributed by atoms with van der Waals surface area (Å²) >= 11 is 8.10. The topological polar surface area (TPSA) is 45.5 Å². The highest BCUT2D eigenvalue weighted by atomic mass is 127. The number of carbonyl (C=O) groups is 1. The Hall–Kier alpha value is -1.05. The number of halogens is 2. The Morgan fingerprint density at radius 1 is 1.33 bits per heavy atom. The quantitative estimate of drug-likeness (QED) is 0.675. The van der Waals surface area contributed by atoms with Crippen LogP contribution in [0.4, 0.5) is 0 Å². The normalized spacial score (nSPS) is 16.3. The Morgan fingerprint density at radius 2 is 2.08 bits per heavy atom. The van der Waals surface area contributed by atoms with Gasteiger partial charge < -0.3 is 9.73 Å². The first-order valence-corrected chi connectivity index (χ1v) is 9.54. The van der Waals surface area contributed by atoms with Gasteiger partial charge in [-0.2, -0.15) is 0 Å². The zero-order valence-electron chi connectivity index (χ0n) is 13.5. The van der Waals surface area contributed by atoms with Crippen LogP contribution < -0.4 is 5.32 Å². The van der Waals surface area contributed by atoms with Gasteiger partial charge in [-0.15, -0.1) is 0 Å². The van der Waals surface area contributed by atoms with E-state index in [1.165, 1.54) is 12.8 Å². The summed E-state index contributed by atoms with van der Waals surface area (Å²) in [4.78, 5) is 14.9. The molecule has 0 radical (unpaired) electrons. The summed E-state index contributed by atoms with van der Waals surface area (Å²) in [6.07, 6.45) is 2.39. The smallest absolute Gasteiger partial charge is 0.252 e. The molecule has 1 amide bonds. The van der Waals surface area contributed by atoms with Gasteiger partial charge in [-0.05, 0) is 85.8 Å². The lowest BCUT2D eigenvalue weighted by Gasteiger charge is -2.26. The number of benzene rings is 1. The number of nitrogens with zero attached hydrogens (tertiary/aromatic N) is 1. The van der Waals surface area contributed by atoms with Gasteiger partial charge in [0.05, 0.1) is 11.6 Å². The molecule has 1 aromatic heterocycles. The van der Waals surface area contributed by atoms with E-state index in [9.17, 15) is 4.79 Å². The van der Waals surface area contributed by atoms with Crippen LogP contribution in [0.3, 0.4) is 0 Å². The number of nitrogens with one attached hydrogen (secondary N) is 1. The number of rotatable bonds is 5. The second-order valence-electron chi connectivity index (χ2n) is 6.04. The van der Waals surface area contributed by atoms with E-state index in [2.05, 4.69) is 32.8 Å². The fraction of sp³-hybridized carbons (Fsp3) is 0.389. The number of aryl methyl sites for hydroxylation is 1. The standard InChI is InChI=1S/C18H20ClIN2O2/c1-12-4-7-17(24-12)16(22-8-2-3-9-22)11-21-18(23)14-6-5-13(19)10-15(14)20/h4-7,10,16H,2-3,8-9,11H2,1H3,(H,21,23). The summed E-state index contributed by atoms with van der Waals surface area (Å²) in [6.45, 7) is 4.56. The number of likely N-dealkylation sites (tertiary alicyclic amines) is 1. The van der Waals surface area contributed by atoms with Gasteiger partial charge in [0, 0.05) is 15.1 Å². The summed E-state index contributed by atoms with van der Waals surface area (Å²) < 4.78 is 6.67. The molecule has 0 spiro atoms. The molecule has 1 fully saturated rings. The van der Waals surface area contributed by atoms with Crippen molar-refractivity contribution in [3.63, 3.8) is 0 Å². The van der Waals surface area contributed by atoms with Crippen LogP contribution in [0.5, 0.6) is 0 Å². The maximum absolute atomic E-state index is 12.5. The Balaban J connectivity index is 1.72. The van der Waals surface area contributed by atoms with Crippen LogP contribution in [-0.2, 0) is 0 Å². The van der Waals surface area contributed by atoms with E-state index in [-0.39, 0.29) is 11.9 Å². The highest BCUT2D eigenvalue weighted by molar-refractivity contribution is 14.1. The van der Waals surface area contributed by atoms with Crippen LogP contribution >= 0.6 is 34.2 Å². The van der Waals surface area contributed by atoms with Crippen LogP contribution in [0, 0.1) is 10.5 Å². The number of carbonyl (C=O) groups excluding carboxylic acids is 1. The molecule has 1 saturated heterocycles. The Bertz CT molecular complexity index is 726. The summed E-state index contributed by atoms with van der Waals surface area (Å²) in [5.41, 5.74) is 0.649. The number of amides is 1. The molecular formula is C18H20ClIN2O2. The molecule has 1 N–H and O–H groups in total. The van der Waals surface area contributed by atoms with Crippen LogP contribution in [0.1, 0.15) is 40.8 Å². The molecule has 1 unspecified atom stereocenters. The van der Waals surface area contributed by atoms with E-state index in [4.69, 9.17) is 16.0 Å². The van der Waals surface area contributed by atoms with E-state index in [1.807, 2.05) is 19.1 Å². The van der Waals surface area contributed by atoms with Gasteiger partial charge in [0.15, 0.2) is 0 Å². The van der Waals surface area contributed by atoms with E-state index in [1.54, 1.807) is 18.2 Å². The molecule has 24 heavy (non-hydrogen) atoms. The lowest BCUT2D eigenvalue weighted by atomic mass is 10.1. The molecule has 1 atom stereocenters. The summed E-state index contributed by atoms with van der Waals surface area (Å²) in [5, 5.41) is 3.69. The first-order chi connectivity index (χ1) is 11.5. The third-order valence-electron chi connectivity index (χ3n) is 4.30. The van der Waals surface area contributed by atoms with E-state index < -0.39 is 0 Å². The molecule has 3 rings (SSSR count). The minimum absolute atomic E-state index is 0.0788. The van der Waals surface area contributed by atoms with E-state index in [0.717, 1.165) is 28.2 Å². The van der Waals surface area contributed by atoms with Gasteiger partial charge in [0.25, 0.3) is 5.91 Å². The molecule has 0 aliphatic carbocycles. The first-order valence-electron chi connectivity index (χ1n) is 8.08. The zero-order valence-corrected chi connectivity index (χ0v) is 16.4. The van der Waals surface area contributed by atoms with Gasteiger partial charge in [-0.3, -0.25) is 9.69 Å². The molecule has 128 valence electrons. The van der Waals surface area contributed by atoms with Gasteiger partial charge in [0.1, 0.15) is 11.5 Å². The molecule has 2 aromatic rings. The van der Waals surface area contributed by atoms with Crippen molar-refractivity contribution in [2.75, 3.05) is 19.6 Å². The second-order valence-corrected chi connectivity index (χ2v) is 7.64. The van der Waals surface area contributed by atoms with Crippen LogP contribution in [-0.4, -0.2) is 30.4 Å². The lowest BCUT2D eigenvalue weighted by molar-refractivity contribution is 0.0932. The summed E-state index contributed by atoms with van der Waals surface area (Å²) in [6, 6.07) is 9.37. The van der Waals surface area contributed by atoms with E-state index >= 15 is 0 Å². The number of hydrogen-bond acceptors (Lipinski definition) is 3. The molecule has 1 aliphatic rings. The van der Waals surface area contributed by atoms with Crippen molar-refractivity contribution in [2.45, 2.75) is 25.8 Å². The fourth-order valence-corrected chi connectivity index (χ4v) is 4.17.